The van der Waals surface area contributed by atoms with Crippen molar-refractivity contribution in [3.63, 3.8) is 0 Å². The highest BCUT2D eigenvalue weighted by molar-refractivity contribution is 5.94. The first-order valence-electron chi connectivity index (χ1n) is 6.74. The maximum absolute atomic E-state index is 12.7. The number of nitrogens with zero attached hydrogens (tertiary/aromatic N) is 1. The van der Waals surface area contributed by atoms with E-state index < -0.39 is 17.8 Å². The molecule has 0 spiro atoms. The molecule has 1 aromatic carbocycles. The molecule has 3 rings (SSSR count). The van der Waals surface area contributed by atoms with Crippen molar-refractivity contribution >= 4 is 5.71 Å². The minimum atomic E-state index is -4.36. The van der Waals surface area contributed by atoms with E-state index >= 15 is 0 Å². The van der Waals surface area contributed by atoms with E-state index in [0.29, 0.717) is 34.8 Å². The zero-order chi connectivity index (χ0) is 15.9. The molecule has 114 valence electrons. The summed E-state index contributed by atoms with van der Waals surface area (Å²) in [7, 11) is 0. The quantitative estimate of drug-likeness (QED) is 0.847. The minimum absolute atomic E-state index is 0.330. The van der Waals surface area contributed by atoms with E-state index in [1.54, 1.807) is 25.1 Å². The number of halogens is 3. The van der Waals surface area contributed by atoms with E-state index in [0.717, 1.165) is 12.1 Å². The van der Waals surface area contributed by atoms with Crippen LogP contribution >= 0.6 is 0 Å². The van der Waals surface area contributed by atoms with Crippen molar-refractivity contribution in [1.82, 2.24) is 4.98 Å². The van der Waals surface area contributed by atoms with Crippen molar-refractivity contribution in [3.05, 3.63) is 58.9 Å². The van der Waals surface area contributed by atoms with Gasteiger partial charge in [-0.1, -0.05) is 6.07 Å². The molecule has 3 nitrogen and oxygen atoms in total. The Hall–Kier alpha value is -2.37. The lowest BCUT2D eigenvalue weighted by atomic mass is 10.0. The van der Waals surface area contributed by atoms with Crippen LogP contribution in [0, 0.1) is 5.41 Å². The Labute approximate surface area is 125 Å². The summed E-state index contributed by atoms with van der Waals surface area (Å²) < 4.78 is 43.9. The fourth-order valence-electron chi connectivity index (χ4n) is 2.43. The molecule has 1 unspecified atom stereocenters. The Balaban J connectivity index is 1.88. The highest BCUT2D eigenvalue weighted by Gasteiger charge is 2.33. The van der Waals surface area contributed by atoms with Gasteiger partial charge in [-0.2, -0.15) is 13.2 Å². The van der Waals surface area contributed by atoms with Gasteiger partial charge >= 0.3 is 6.18 Å². The van der Waals surface area contributed by atoms with E-state index in [4.69, 9.17) is 10.1 Å². The number of pyridine rings is 1. The first kappa shape index (κ1) is 14.6. The number of nitrogens with one attached hydrogen (secondary N) is 1. The third-order valence-electron chi connectivity index (χ3n) is 3.55. The molecule has 0 saturated heterocycles. The maximum Gasteiger partial charge on any atom is 0.416 e. The SMILES string of the molecule is CC(=N)c1cccc(C2Cc3cc(C(F)(F)F)ccc3O2)n1. The summed E-state index contributed by atoms with van der Waals surface area (Å²) in [5.74, 6) is 0.455. The number of aromatic nitrogens is 1. The molecule has 2 aromatic rings. The number of benzene rings is 1. The van der Waals surface area contributed by atoms with Crippen LogP contribution in [-0.2, 0) is 12.6 Å². The van der Waals surface area contributed by atoms with Gasteiger partial charge in [0.05, 0.1) is 22.7 Å². The molecule has 1 aliphatic rings. The molecular weight excluding hydrogens is 293 g/mol. The fraction of sp³-hybridized carbons (Fsp3) is 0.250. The summed E-state index contributed by atoms with van der Waals surface area (Å²) in [6.45, 7) is 1.63. The molecule has 6 heteroatoms. The predicted octanol–water partition coefficient (Wildman–Crippen LogP) is 4.16. The van der Waals surface area contributed by atoms with Crippen molar-refractivity contribution in [1.29, 1.82) is 5.41 Å². The van der Waals surface area contributed by atoms with Gasteiger partial charge in [0.25, 0.3) is 0 Å². The van der Waals surface area contributed by atoms with Crippen LogP contribution in [-0.4, -0.2) is 10.7 Å². The average molecular weight is 306 g/mol. The third-order valence-corrected chi connectivity index (χ3v) is 3.55. The van der Waals surface area contributed by atoms with Gasteiger partial charge in [0, 0.05) is 6.42 Å². The third kappa shape index (κ3) is 2.68. The van der Waals surface area contributed by atoms with Gasteiger partial charge < -0.3 is 10.1 Å². The summed E-state index contributed by atoms with van der Waals surface area (Å²) in [6.07, 6.45) is -4.44. The maximum atomic E-state index is 12.7. The molecule has 2 heterocycles. The number of alkyl halides is 3. The summed E-state index contributed by atoms with van der Waals surface area (Å²) in [4.78, 5) is 4.34. The summed E-state index contributed by atoms with van der Waals surface area (Å²) >= 11 is 0. The smallest absolute Gasteiger partial charge is 0.416 e. The first-order chi connectivity index (χ1) is 10.3. The number of hydrogen-bond donors (Lipinski definition) is 1. The second kappa shape index (κ2) is 5.12. The molecule has 0 radical (unpaired) electrons. The molecule has 1 aliphatic heterocycles. The van der Waals surface area contributed by atoms with Gasteiger partial charge in [-0.05, 0) is 42.8 Å². The van der Waals surface area contributed by atoms with Crippen LogP contribution < -0.4 is 4.74 Å². The second-order valence-electron chi connectivity index (χ2n) is 5.20. The van der Waals surface area contributed by atoms with Crippen molar-refractivity contribution in [2.75, 3.05) is 0 Å². The van der Waals surface area contributed by atoms with E-state index in [9.17, 15) is 13.2 Å². The lowest BCUT2D eigenvalue weighted by Gasteiger charge is -2.11. The highest BCUT2D eigenvalue weighted by Crippen LogP contribution is 2.39. The highest BCUT2D eigenvalue weighted by atomic mass is 19.4. The molecule has 1 aromatic heterocycles. The summed E-state index contributed by atoms with van der Waals surface area (Å²) in [5.41, 5.74) is 1.34. The Morgan fingerprint density at radius 2 is 2.05 bits per heavy atom. The van der Waals surface area contributed by atoms with Crippen LogP contribution in [0.25, 0.3) is 0 Å². The Bertz CT molecular complexity index is 740. The van der Waals surface area contributed by atoms with Crippen LogP contribution in [0.5, 0.6) is 5.75 Å². The predicted molar refractivity (Wildman–Crippen MR) is 75.3 cm³/mol. The van der Waals surface area contributed by atoms with Crippen molar-refractivity contribution in [2.24, 2.45) is 0 Å². The lowest BCUT2D eigenvalue weighted by molar-refractivity contribution is -0.137. The first-order valence-corrected chi connectivity index (χ1v) is 6.74. The zero-order valence-corrected chi connectivity index (χ0v) is 11.7. The zero-order valence-electron chi connectivity index (χ0n) is 11.7. The Morgan fingerprint density at radius 3 is 2.73 bits per heavy atom. The van der Waals surface area contributed by atoms with Gasteiger partial charge in [-0.25, -0.2) is 4.98 Å². The second-order valence-corrected chi connectivity index (χ2v) is 5.20. The van der Waals surface area contributed by atoms with Gasteiger partial charge in [-0.15, -0.1) is 0 Å². The minimum Gasteiger partial charge on any atom is -0.483 e. The number of hydrogen-bond acceptors (Lipinski definition) is 3. The topological polar surface area (TPSA) is 46.0 Å². The lowest BCUT2D eigenvalue weighted by Crippen LogP contribution is -2.08. The summed E-state index contributed by atoms with van der Waals surface area (Å²) in [6, 6.07) is 8.74. The molecule has 0 aliphatic carbocycles. The number of fused-ring (bicyclic) bond motifs is 1. The Kier molecular flexibility index (Phi) is 3.39. The van der Waals surface area contributed by atoms with E-state index in [2.05, 4.69) is 4.98 Å². The fourth-order valence-corrected chi connectivity index (χ4v) is 2.43. The normalized spacial score (nSPS) is 17.0. The number of rotatable bonds is 2. The van der Waals surface area contributed by atoms with E-state index in [-0.39, 0.29) is 0 Å². The van der Waals surface area contributed by atoms with Crippen molar-refractivity contribution < 1.29 is 17.9 Å². The van der Waals surface area contributed by atoms with Crippen LogP contribution in [0.2, 0.25) is 0 Å². The Morgan fingerprint density at radius 1 is 1.27 bits per heavy atom. The van der Waals surface area contributed by atoms with Crippen molar-refractivity contribution in [2.45, 2.75) is 25.6 Å². The van der Waals surface area contributed by atoms with E-state index in [1.165, 1.54) is 6.07 Å². The molecule has 0 saturated carbocycles. The monoisotopic (exact) mass is 306 g/mol. The summed E-state index contributed by atoms with van der Waals surface area (Å²) in [5, 5.41) is 7.60. The van der Waals surface area contributed by atoms with Gasteiger partial charge in [0.15, 0.2) is 0 Å². The largest absolute Gasteiger partial charge is 0.483 e. The van der Waals surface area contributed by atoms with Crippen molar-refractivity contribution in [3.8, 4) is 5.75 Å². The van der Waals surface area contributed by atoms with E-state index in [1.807, 2.05) is 0 Å². The molecule has 1 N–H and O–H groups in total. The molecule has 0 amide bonds. The van der Waals surface area contributed by atoms with Gasteiger partial charge in [-0.3, -0.25) is 0 Å². The van der Waals surface area contributed by atoms with Crippen LogP contribution in [0.3, 0.4) is 0 Å². The van der Waals surface area contributed by atoms with Gasteiger partial charge in [0.1, 0.15) is 11.9 Å². The average Bonchev–Trinajstić information content (AvgIpc) is 2.89. The number of ether oxygens (including phenoxy) is 1. The molecule has 22 heavy (non-hydrogen) atoms. The molecule has 0 bridgehead atoms. The van der Waals surface area contributed by atoms with Crippen LogP contribution in [0.15, 0.2) is 36.4 Å². The molecular formula is C16H13F3N2O. The molecule has 0 fully saturated rings. The standard InChI is InChI=1S/C16H13F3N2O/c1-9(20)12-3-2-4-13(21-12)15-8-10-7-11(16(17,18)19)5-6-14(10)22-15/h2-7,15,20H,8H2,1H3. The van der Waals surface area contributed by atoms with Crippen LogP contribution in [0.1, 0.15) is 35.5 Å². The molecule has 1 atom stereocenters. The van der Waals surface area contributed by atoms with Gasteiger partial charge in [0.2, 0.25) is 0 Å². The van der Waals surface area contributed by atoms with Crippen LogP contribution in [0.4, 0.5) is 13.2 Å².